The molecule has 0 aromatic heterocycles. The molecule has 1 fully saturated rings. The van der Waals surface area contributed by atoms with Crippen LogP contribution >= 0.6 is 0 Å². The Labute approximate surface area is 110 Å². The van der Waals surface area contributed by atoms with Crippen LogP contribution in [0.3, 0.4) is 0 Å². The maximum Gasteiger partial charge on any atom is 0.0656 e. The predicted molar refractivity (Wildman–Crippen MR) is 74.1 cm³/mol. The summed E-state index contributed by atoms with van der Waals surface area (Å²) in [6.07, 6.45) is 2.06. The third kappa shape index (κ3) is 3.34. The van der Waals surface area contributed by atoms with E-state index < -0.39 is 0 Å². The van der Waals surface area contributed by atoms with Gasteiger partial charge in [0.15, 0.2) is 0 Å². The summed E-state index contributed by atoms with van der Waals surface area (Å²) in [6.45, 7) is 7.59. The molecular formula is C16H22N2. The molecule has 0 spiro atoms. The van der Waals surface area contributed by atoms with Crippen molar-refractivity contribution in [2.45, 2.75) is 39.2 Å². The molecule has 0 bridgehead atoms. The van der Waals surface area contributed by atoms with Crippen LogP contribution in [0.25, 0.3) is 0 Å². The first kappa shape index (κ1) is 13.1. The zero-order valence-electron chi connectivity index (χ0n) is 11.4. The molecule has 0 aliphatic carbocycles. The first-order valence-electron chi connectivity index (χ1n) is 6.90. The van der Waals surface area contributed by atoms with Crippen LogP contribution < -0.4 is 0 Å². The molecular weight excluding hydrogens is 220 g/mol. The van der Waals surface area contributed by atoms with E-state index in [9.17, 15) is 0 Å². The van der Waals surface area contributed by atoms with Gasteiger partial charge in [0.25, 0.3) is 0 Å². The Hall–Kier alpha value is -1.33. The number of nitrogens with zero attached hydrogens (tertiary/aromatic N) is 2. The topological polar surface area (TPSA) is 27.0 Å². The third-order valence-electron chi connectivity index (χ3n) is 3.82. The standard InChI is InChI=1S/C16H22N2/c1-13(2)16-5-3-15(4-6-16)12-18-9-7-14(11-17)8-10-18/h3-6,13-14H,7-10,12H2,1-2H3. The molecule has 18 heavy (non-hydrogen) atoms. The zero-order chi connectivity index (χ0) is 13.0. The van der Waals surface area contributed by atoms with Crippen LogP contribution in [0, 0.1) is 17.2 Å². The fraction of sp³-hybridized carbons (Fsp3) is 0.562. The van der Waals surface area contributed by atoms with E-state index in [0.717, 1.165) is 32.5 Å². The summed E-state index contributed by atoms with van der Waals surface area (Å²) in [6, 6.07) is 11.3. The number of piperidine rings is 1. The van der Waals surface area contributed by atoms with Gasteiger partial charge in [-0.15, -0.1) is 0 Å². The van der Waals surface area contributed by atoms with Crippen molar-refractivity contribution >= 4 is 0 Å². The molecule has 1 aliphatic heterocycles. The second-order valence-electron chi connectivity index (χ2n) is 5.58. The lowest BCUT2D eigenvalue weighted by Crippen LogP contribution is -2.32. The van der Waals surface area contributed by atoms with Gasteiger partial charge in [-0.3, -0.25) is 4.90 Å². The van der Waals surface area contributed by atoms with Crippen LogP contribution in [0.5, 0.6) is 0 Å². The van der Waals surface area contributed by atoms with Gasteiger partial charge in [0.1, 0.15) is 0 Å². The maximum atomic E-state index is 8.88. The van der Waals surface area contributed by atoms with E-state index in [1.165, 1.54) is 11.1 Å². The Balaban J connectivity index is 1.89. The van der Waals surface area contributed by atoms with Gasteiger partial charge in [-0.1, -0.05) is 38.1 Å². The lowest BCUT2D eigenvalue weighted by Gasteiger charge is -2.29. The molecule has 1 saturated heterocycles. The molecule has 0 unspecified atom stereocenters. The number of rotatable bonds is 3. The molecule has 0 amide bonds. The van der Waals surface area contributed by atoms with Gasteiger partial charge >= 0.3 is 0 Å². The average molecular weight is 242 g/mol. The van der Waals surface area contributed by atoms with E-state index >= 15 is 0 Å². The molecule has 2 nitrogen and oxygen atoms in total. The van der Waals surface area contributed by atoms with Crippen molar-refractivity contribution in [3.8, 4) is 6.07 Å². The fourth-order valence-corrected chi connectivity index (χ4v) is 2.49. The Kier molecular flexibility index (Phi) is 4.38. The lowest BCUT2D eigenvalue weighted by atomic mass is 9.97. The molecule has 1 heterocycles. The molecule has 0 atom stereocenters. The van der Waals surface area contributed by atoms with Crippen molar-refractivity contribution in [2.75, 3.05) is 13.1 Å². The molecule has 2 heteroatoms. The first-order valence-corrected chi connectivity index (χ1v) is 6.90. The molecule has 0 radical (unpaired) electrons. The van der Waals surface area contributed by atoms with E-state index in [1.54, 1.807) is 0 Å². The fourth-order valence-electron chi connectivity index (χ4n) is 2.49. The van der Waals surface area contributed by atoms with Crippen molar-refractivity contribution in [1.29, 1.82) is 5.26 Å². The van der Waals surface area contributed by atoms with Crippen LogP contribution in [0.15, 0.2) is 24.3 Å². The minimum Gasteiger partial charge on any atom is -0.299 e. The number of nitriles is 1. The highest BCUT2D eigenvalue weighted by molar-refractivity contribution is 5.24. The lowest BCUT2D eigenvalue weighted by molar-refractivity contribution is 0.198. The molecule has 96 valence electrons. The molecule has 0 saturated carbocycles. The smallest absolute Gasteiger partial charge is 0.0656 e. The second kappa shape index (κ2) is 6.02. The number of hydrogen-bond acceptors (Lipinski definition) is 2. The number of benzene rings is 1. The summed E-state index contributed by atoms with van der Waals surface area (Å²) in [4.78, 5) is 2.46. The predicted octanol–water partition coefficient (Wildman–Crippen LogP) is 3.55. The van der Waals surface area contributed by atoms with Crippen molar-refractivity contribution in [3.63, 3.8) is 0 Å². The van der Waals surface area contributed by atoms with Gasteiger partial charge in [-0.2, -0.15) is 5.26 Å². The zero-order valence-corrected chi connectivity index (χ0v) is 11.4. The quantitative estimate of drug-likeness (QED) is 0.810. The summed E-state index contributed by atoms with van der Waals surface area (Å²) in [7, 11) is 0. The van der Waals surface area contributed by atoms with Crippen LogP contribution in [-0.2, 0) is 6.54 Å². The van der Waals surface area contributed by atoms with E-state index in [-0.39, 0.29) is 5.92 Å². The van der Waals surface area contributed by atoms with E-state index in [4.69, 9.17) is 5.26 Å². The molecule has 1 aromatic carbocycles. The SMILES string of the molecule is CC(C)c1ccc(CN2CCC(C#N)CC2)cc1. The average Bonchev–Trinajstić information content (AvgIpc) is 2.40. The van der Waals surface area contributed by atoms with Gasteiger partial charge in [0.2, 0.25) is 0 Å². The van der Waals surface area contributed by atoms with Gasteiger partial charge < -0.3 is 0 Å². The molecule has 2 rings (SSSR count). The normalized spacial score (nSPS) is 17.9. The van der Waals surface area contributed by atoms with Gasteiger partial charge in [0.05, 0.1) is 6.07 Å². The van der Waals surface area contributed by atoms with Gasteiger partial charge in [-0.05, 0) is 43.0 Å². The molecule has 1 aliphatic rings. The van der Waals surface area contributed by atoms with Crippen LogP contribution in [0.4, 0.5) is 0 Å². The van der Waals surface area contributed by atoms with E-state index in [1.807, 2.05) is 0 Å². The van der Waals surface area contributed by atoms with Crippen molar-refractivity contribution < 1.29 is 0 Å². The summed E-state index contributed by atoms with van der Waals surface area (Å²) >= 11 is 0. The van der Waals surface area contributed by atoms with Crippen molar-refractivity contribution in [3.05, 3.63) is 35.4 Å². The summed E-state index contributed by atoms with van der Waals surface area (Å²) in [5.41, 5.74) is 2.79. The summed E-state index contributed by atoms with van der Waals surface area (Å²) < 4.78 is 0. The second-order valence-corrected chi connectivity index (χ2v) is 5.58. The Bertz CT molecular complexity index is 406. The Morgan fingerprint density at radius 1 is 1.22 bits per heavy atom. The molecule has 0 N–H and O–H groups in total. The summed E-state index contributed by atoms with van der Waals surface area (Å²) in [5.74, 6) is 0.884. The van der Waals surface area contributed by atoms with Crippen LogP contribution in [0.2, 0.25) is 0 Å². The first-order chi connectivity index (χ1) is 8.69. The van der Waals surface area contributed by atoms with Crippen LogP contribution in [0.1, 0.15) is 43.7 Å². The van der Waals surface area contributed by atoms with Crippen molar-refractivity contribution in [1.82, 2.24) is 4.90 Å². The summed E-state index contributed by atoms with van der Waals surface area (Å²) in [5, 5.41) is 8.88. The van der Waals surface area contributed by atoms with Crippen LogP contribution in [-0.4, -0.2) is 18.0 Å². The van der Waals surface area contributed by atoms with Gasteiger partial charge in [0, 0.05) is 12.5 Å². The van der Waals surface area contributed by atoms with E-state index in [0.29, 0.717) is 5.92 Å². The number of likely N-dealkylation sites (tertiary alicyclic amines) is 1. The number of hydrogen-bond donors (Lipinski definition) is 0. The minimum atomic E-state index is 0.282. The highest BCUT2D eigenvalue weighted by Crippen LogP contribution is 2.19. The largest absolute Gasteiger partial charge is 0.299 e. The van der Waals surface area contributed by atoms with Crippen molar-refractivity contribution in [2.24, 2.45) is 5.92 Å². The Morgan fingerprint density at radius 2 is 1.83 bits per heavy atom. The van der Waals surface area contributed by atoms with Gasteiger partial charge in [-0.25, -0.2) is 0 Å². The highest BCUT2D eigenvalue weighted by Gasteiger charge is 2.18. The third-order valence-corrected chi connectivity index (χ3v) is 3.82. The van der Waals surface area contributed by atoms with E-state index in [2.05, 4.69) is 49.1 Å². The maximum absolute atomic E-state index is 8.88. The Morgan fingerprint density at radius 3 is 2.33 bits per heavy atom. The molecule has 1 aromatic rings. The monoisotopic (exact) mass is 242 g/mol. The highest BCUT2D eigenvalue weighted by atomic mass is 15.1. The minimum absolute atomic E-state index is 0.282.